The van der Waals surface area contributed by atoms with Gasteiger partial charge < -0.3 is 19.6 Å². The van der Waals surface area contributed by atoms with Gasteiger partial charge in [0, 0.05) is 31.9 Å². The molecule has 186 valence electrons. The monoisotopic (exact) mass is 505 g/mol. The Morgan fingerprint density at radius 2 is 1.89 bits per heavy atom. The van der Waals surface area contributed by atoms with Gasteiger partial charge in [0.25, 0.3) is 0 Å². The van der Waals surface area contributed by atoms with Gasteiger partial charge in [-0.1, -0.05) is 41.7 Å². The van der Waals surface area contributed by atoms with Crippen LogP contribution < -0.4 is 14.5 Å². The van der Waals surface area contributed by atoms with Crippen LogP contribution in [0.4, 0.5) is 15.2 Å². The van der Waals surface area contributed by atoms with Gasteiger partial charge in [-0.25, -0.2) is 9.37 Å². The first-order valence-electron chi connectivity index (χ1n) is 12.0. The molecule has 1 N–H and O–H groups in total. The fourth-order valence-corrected chi connectivity index (χ4v) is 5.56. The van der Waals surface area contributed by atoms with E-state index in [1.54, 1.807) is 13.2 Å². The number of fused-ring (bicyclic) bond motifs is 1. The summed E-state index contributed by atoms with van der Waals surface area (Å²) < 4.78 is 20.2. The molecule has 0 unspecified atom stereocenters. The molecular weight excluding hydrogens is 477 g/mol. The summed E-state index contributed by atoms with van der Waals surface area (Å²) in [5.74, 6) is -0.461. The maximum absolute atomic E-state index is 14.4. The van der Waals surface area contributed by atoms with Gasteiger partial charge in [0.1, 0.15) is 11.6 Å². The highest BCUT2D eigenvalue weighted by Crippen LogP contribution is 2.32. The summed E-state index contributed by atoms with van der Waals surface area (Å²) in [6, 6.07) is 21.3. The van der Waals surface area contributed by atoms with E-state index in [-0.39, 0.29) is 11.7 Å². The van der Waals surface area contributed by atoms with Crippen molar-refractivity contribution in [2.45, 2.75) is 19.4 Å². The zero-order valence-electron chi connectivity index (χ0n) is 20.1. The van der Waals surface area contributed by atoms with Gasteiger partial charge in [-0.2, -0.15) is 0 Å². The Morgan fingerprint density at radius 3 is 2.56 bits per heavy atom. The van der Waals surface area contributed by atoms with E-state index in [0.29, 0.717) is 29.7 Å². The number of carboxylic acid groups (broad SMARTS) is 1. The van der Waals surface area contributed by atoms with Crippen LogP contribution >= 0.6 is 11.3 Å². The van der Waals surface area contributed by atoms with Crippen molar-refractivity contribution in [2.24, 2.45) is 5.92 Å². The predicted molar refractivity (Wildman–Crippen MR) is 142 cm³/mol. The van der Waals surface area contributed by atoms with Gasteiger partial charge in [0.05, 0.1) is 23.2 Å². The van der Waals surface area contributed by atoms with Crippen LogP contribution in [0.15, 0.2) is 66.7 Å². The smallest absolute Gasteiger partial charge is 0.308 e. The molecule has 36 heavy (non-hydrogen) atoms. The molecule has 1 fully saturated rings. The molecule has 0 saturated carbocycles. The largest absolute Gasteiger partial charge is 0.497 e. The molecule has 1 aromatic heterocycles. The van der Waals surface area contributed by atoms with E-state index in [1.165, 1.54) is 23.0 Å². The van der Waals surface area contributed by atoms with Crippen molar-refractivity contribution in [3.63, 3.8) is 0 Å². The number of nitrogens with zero attached hydrogens (tertiary/aromatic N) is 3. The van der Waals surface area contributed by atoms with Gasteiger partial charge in [0.15, 0.2) is 5.13 Å². The summed E-state index contributed by atoms with van der Waals surface area (Å²) in [4.78, 5) is 20.4. The van der Waals surface area contributed by atoms with E-state index in [4.69, 9.17) is 9.72 Å². The summed E-state index contributed by atoms with van der Waals surface area (Å²) >= 11 is 1.37. The van der Waals surface area contributed by atoms with Crippen molar-refractivity contribution >= 4 is 38.3 Å². The van der Waals surface area contributed by atoms with Gasteiger partial charge in [-0.3, -0.25) is 4.79 Å². The number of carboxylic acids is 1. The fraction of sp³-hybridized carbons (Fsp3) is 0.286. The molecule has 1 atom stereocenters. The molecule has 0 amide bonds. The van der Waals surface area contributed by atoms with Crippen LogP contribution in [0.2, 0.25) is 0 Å². The summed E-state index contributed by atoms with van der Waals surface area (Å²) in [5, 5.41) is 10.1. The summed E-state index contributed by atoms with van der Waals surface area (Å²) in [7, 11) is 1.66. The number of halogens is 1. The normalized spacial score (nSPS) is 15.4. The first kappa shape index (κ1) is 24.1. The molecule has 2 heterocycles. The molecule has 0 bridgehead atoms. The maximum Gasteiger partial charge on any atom is 0.308 e. The summed E-state index contributed by atoms with van der Waals surface area (Å²) in [6.45, 7) is 2.65. The Morgan fingerprint density at radius 1 is 1.14 bits per heavy atom. The Balaban J connectivity index is 1.35. The quantitative estimate of drug-likeness (QED) is 0.319. The SMILES string of the molecule is COc1ccc(CCN(Cc2ccc(N3CC[C@@H](C(=O)O)C3)cc2)c2nc3cccc(F)c3s2)cc1. The van der Waals surface area contributed by atoms with Gasteiger partial charge in [0.2, 0.25) is 0 Å². The zero-order chi connectivity index (χ0) is 25.1. The van der Waals surface area contributed by atoms with Crippen LogP contribution in [-0.4, -0.2) is 42.8 Å². The molecule has 6 nitrogen and oxygen atoms in total. The topological polar surface area (TPSA) is 65.9 Å². The molecule has 0 radical (unpaired) electrons. The highest BCUT2D eigenvalue weighted by atomic mass is 32.1. The van der Waals surface area contributed by atoms with Crippen molar-refractivity contribution in [2.75, 3.05) is 36.5 Å². The zero-order valence-corrected chi connectivity index (χ0v) is 20.9. The molecule has 1 aliphatic heterocycles. The van der Waals surface area contributed by atoms with Crippen molar-refractivity contribution in [1.82, 2.24) is 4.98 Å². The van der Waals surface area contributed by atoms with Crippen molar-refractivity contribution < 1.29 is 19.0 Å². The van der Waals surface area contributed by atoms with Gasteiger partial charge in [-0.05, 0) is 60.4 Å². The first-order chi connectivity index (χ1) is 17.5. The van der Waals surface area contributed by atoms with E-state index in [2.05, 4.69) is 46.2 Å². The second-order valence-corrected chi connectivity index (χ2v) is 10.0. The van der Waals surface area contributed by atoms with E-state index < -0.39 is 5.97 Å². The fourth-order valence-electron chi connectivity index (χ4n) is 4.57. The number of anilines is 2. The molecule has 0 spiro atoms. The molecular formula is C28H28FN3O3S. The van der Waals surface area contributed by atoms with Gasteiger partial charge in [-0.15, -0.1) is 0 Å². The number of methoxy groups -OCH3 is 1. The van der Waals surface area contributed by atoms with Crippen molar-refractivity contribution in [3.8, 4) is 5.75 Å². The molecule has 3 aromatic carbocycles. The number of benzene rings is 3. The van der Waals surface area contributed by atoms with E-state index >= 15 is 0 Å². The predicted octanol–water partition coefficient (Wildman–Crippen LogP) is 5.60. The molecule has 4 aromatic rings. The number of aliphatic carboxylic acids is 1. The first-order valence-corrected chi connectivity index (χ1v) is 12.8. The third-order valence-electron chi connectivity index (χ3n) is 6.67. The van der Waals surface area contributed by atoms with Gasteiger partial charge >= 0.3 is 5.97 Å². The molecule has 8 heteroatoms. The van der Waals surface area contributed by atoms with Crippen LogP contribution in [0.3, 0.4) is 0 Å². The van der Waals surface area contributed by atoms with E-state index in [9.17, 15) is 14.3 Å². The second kappa shape index (κ2) is 10.5. The average molecular weight is 506 g/mol. The average Bonchev–Trinajstić information content (AvgIpc) is 3.56. The minimum atomic E-state index is -0.728. The van der Waals surface area contributed by atoms with E-state index in [1.807, 2.05) is 18.2 Å². The Hall–Kier alpha value is -3.65. The Labute approximate surface area is 213 Å². The number of carbonyl (C=O) groups is 1. The molecule has 5 rings (SSSR count). The lowest BCUT2D eigenvalue weighted by Crippen LogP contribution is -2.25. The third-order valence-corrected chi connectivity index (χ3v) is 7.81. The van der Waals surface area contributed by atoms with Crippen molar-refractivity contribution in [1.29, 1.82) is 0 Å². The van der Waals surface area contributed by atoms with Crippen molar-refractivity contribution in [3.05, 3.63) is 83.7 Å². The second-order valence-electron chi connectivity index (χ2n) is 9.04. The highest BCUT2D eigenvalue weighted by Gasteiger charge is 2.28. The van der Waals surface area contributed by atoms with E-state index in [0.717, 1.165) is 41.6 Å². The lowest BCUT2D eigenvalue weighted by molar-refractivity contribution is -0.140. The summed E-state index contributed by atoms with van der Waals surface area (Å²) in [6.07, 6.45) is 1.48. The highest BCUT2D eigenvalue weighted by molar-refractivity contribution is 7.22. The lowest BCUT2D eigenvalue weighted by Gasteiger charge is -2.23. The van der Waals surface area contributed by atoms with Crippen LogP contribution in [0.1, 0.15) is 17.5 Å². The number of thiazole rings is 1. The third kappa shape index (κ3) is 5.28. The lowest BCUT2D eigenvalue weighted by atomic mass is 10.1. The van der Waals surface area contributed by atoms with Crippen LogP contribution in [0.5, 0.6) is 5.75 Å². The van der Waals surface area contributed by atoms with Crippen LogP contribution in [0.25, 0.3) is 10.2 Å². The number of hydrogen-bond acceptors (Lipinski definition) is 6. The Kier molecular flexibility index (Phi) is 7.04. The molecule has 1 saturated heterocycles. The molecule has 0 aliphatic carbocycles. The number of aromatic nitrogens is 1. The molecule has 1 aliphatic rings. The van der Waals surface area contributed by atoms with Crippen LogP contribution in [0, 0.1) is 11.7 Å². The summed E-state index contributed by atoms with van der Waals surface area (Å²) in [5.41, 5.74) is 4.00. The number of hydrogen-bond donors (Lipinski definition) is 1. The number of rotatable bonds is 9. The maximum atomic E-state index is 14.4. The Bertz CT molecular complexity index is 1340. The minimum Gasteiger partial charge on any atom is -0.497 e. The van der Waals surface area contributed by atoms with Crippen LogP contribution in [-0.2, 0) is 17.8 Å². The number of ether oxygens (including phenoxy) is 1. The standard InChI is InChI=1S/C28H28FN3O3S/c1-35-23-11-7-19(8-12-23)13-15-32(28-30-25-4-2-3-24(29)26(25)36-28)17-20-5-9-22(10-6-20)31-16-14-21(18-31)27(33)34/h2-12,21H,13-18H2,1H3,(H,33,34)/t21-/m1/s1. The minimum absolute atomic E-state index is 0.249.